The summed E-state index contributed by atoms with van der Waals surface area (Å²) in [5, 5.41) is 10.2. The van der Waals surface area contributed by atoms with Gasteiger partial charge in [-0.1, -0.05) is 6.07 Å². The largest absolute Gasteiger partial charge is 0.586 e. The molecule has 0 atom stereocenters. The van der Waals surface area contributed by atoms with E-state index in [2.05, 4.69) is 14.5 Å². The first kappa shape index (κ1) is 22.7. The van der Waals surface area contributed by atoms with E-state index in [1.165, 1.54) is 30.5 Å². The summed E-state index contributed by atoms with van der Waals surface area (Å²) in [5.41, 5.74) is 0.249. The molecular weight excluding hydrogens is 436 g/mol. The molecule has 0 radical (unpaired) electrons. The number of fused-ring (bicyclic) bond motifs is 1. The Balaban J connectivity index is 1.34. The molecule has 1 saturated heterocycles. The Morgan fingerprint density at radius 1 is 1.06 bits per heavy atom. The average molecular weight is 459 g/mol. The molecule has 0 bridgehead atoms. The van der Waals surface area contributed by atoms with Gasteiger partial charge in [-0.2, -0.15) is 0 Å². The maximum absolute atomic E-state index is 13.1. The molecule has 0 spiro atoms. The van der Waals surface area contributed by atoms with E-state index in [-0.39, 0.29) is 29.0 Å². The lowest BCUT2D eigenvalue weighted by atomic mass is 9.99. The van der Waals surface area contributed by atoms with Crippen LogP contribution in [0, 0.1) is 0 Å². The minimum absolute atomic E-state index is 0.0631. The van der Waals surface area contributed by atoms with Crippen LogP contribution in [0.3, 0.4) is 0 Å². The zero-order valence-corrected chi connectivity index (χ0v) is 18.1. The Kier molecular flexibility index (Phi) is 5.79. The van der Waals surface area contributed by atoms with Crippen LogP contribution in [0.4, 0.5) is 8.78 Å². The fraction of sp³-hybridized carbons (Fsp3) is 0.348. The molecule has 3 heterocycles. The van der Waals surface area contributed by atoms with E-state index in [0.29, 0.717) is 37.3 Å². The summed E-state index contributed by atoms with van der Waals surface area (Å²) in [4.78, 5) is 32.7. The van der Waals surface area contributed by atoms with Gasteiger partial charge in [0, 0.05) is 38.5 Å². The predicted octanol–water partition coefficient (Wildman–Crippen LogP) is 2.63. The Bertz CT molecular complexity index is 1110. The van der Waals surface area contributed by atoms with Gasteiger partial charge in [-0.3, -0.25) is 14.6 Å². The summed E-state index contributed by atoms with van der Waals surface area (Å²) in [5.74, 6) is -0.677. The van der Waals surface area contributed by atoms with Crippen molar-refractivity contribution in [3.05, 3.63) is 59.4 Å². The molecule has 2 aromatic rings. The number of carbonyl (C=O) groups excluding carboxylic acids is 2. The topological polar surface area (TPSA) is 92.2 Å². The number of benzene rings is 1. The van der Waals surface area contributed by atoms with E-state index in [1.54, 1.807) is 41.8 Å². The standard InChI is InChI=1S/C23H23F2N3O5/c1-22(2,31)16-7-8-26-17(14-16)21(30)28-11-9-27(10-12-28)20(29)6-4-15-3-5-18-19(13-15)33-23(24,25)32-18/h3-8,13-14,31H,9-12H2,1-2H3/b6-4+. The number of ether oxygens (including phenoxy) is 2. The SMILES string of the molecule is CC(C)(O)c1ccnc(C(=O)N2CCN(C(=O)/C=C/c3ccc4c(c3)OC(F)(F)O4)CC2)c1. The van der Waals surface area contributed by atoms with Crippen molar-refractivity contribution >= 4 is 17.9 Å². The number of aromatic nitrogens is 1. The van der Waals surface area contributed by atoms with E-state index >= 15 is 0 Å². The Labute approximate surface area is 189 Å². The number of aliphatic hydroxyl groups is 1. The van der Waals surface area contributed by atoms with Crippen LogP contribution in [-0.4, -0.2) is 64.2 Å². The van der Waals surface area contributed by atoms with Crippen LogP contribution in [0.5, 0.6) is 11.5 Å². The number of hydrogen-bond donors (Lipinski definition) is 1. The number of amides is 2. The van der Waals surface area contributed by atoms with Gasteiger partial charge < -0.3 is 24.4 Å². The lowest BCUT2D eigenvalue weighted by Gasteiger charge is -2.34. The molecule has 0 unspecified atom stereocenters. The van der Waals surface area contributed by atoms with Gasteiger partial charge in [-0.25, -0.2) is 0 Å². The molecule has 8 nitrogen and oxygen atoms in total. The lowest BCUT2D eigenvalue weighted by molar-refractivity contribution is -0.286. The average Bonchev–Trinajstić information content (AvgIpc) is 3.09. The zero-order valence-electron chi connectivity index (χ0n) is 18.1. The molecule has 1 fully saturated rings. The van der Waals surface area contributed by atoms with Crippen LogP contribution in [-0.2, 0) is 10.4 Å². The van der Waals surface area contributed by atoms with Crippen LogP contribution >= 0.6 is 0 Å². The maximum atomic E-state index is 13.1. The van der Waals surface area contributed by atoms with Gasteiger partial charge in [0.15, 0.2) is 11.5 Å². The summed E-state index contributed by atoms with van der Waals surface area (Å²) in [6.07, 6.45) is 0.651. The molecule has 174 valence electrons. The Morgan fingerprint density at radius 3 is 2.42 bits per heavy atom. The number of carbonyl (C=O) groups is 2. The highest BCUT2D eigenvalue weighted by Gasteiger charge is 2.43. The van der Waals surface area contributed by atoms with Gasteiger partial charge in [0.1, 0.15) is 5.69 Å². The number of alkyl halides is 2. The van der Waals surface area contributed by atoms with Gasteiger partial charge in [-0.15, -0.1) is 8.78 Å². The van der Waals surface area contributed by atoms with Gasteiger partial charge >= 0.3 is 6.29 Å². The fourth-order valence-electron chi connectivity index (χ4n) is 3.56. The van der Waals surface area contributed by atoms with Crippen LogP contribution in [0.2, 0.25) is 0 Å². The summed E-state index contributed by atoms with van der Waals surface area (Å²) in [6.45, 7) is 4.62. The predicted molar refractivity (Wildman–Crippen MR) is 114 cm³/mol. The van der Waals surface area contributed by atoms with Gasteiger partial charge in [0.05, 0.1) is 5.60 Å². The Hall–Kier alpha value is -3.53. The Morgan fingerprint density at radius 2 is 1.73 bits per heavy atom. The van der Waals surface area contributed by atoms with Crippen LogP contribution in [0.15, 0.2) is 42.6 Å². The van der Waals surface area contributed by atoms with Crippen molar-refractivity contribution < 1.29 is 33.0 Å². The van der Waals surface area contributed by atoms with E-state index in [1.807, 2.05) is 0 Å². The van der Waals surface area contributed by atoms with Gasteiger partial charge in [0.25, 0.3) is 5.91 Å². The molecule has 2 aliphatic rings. The second-order valence-electron chi connectivity index (χ2n) is 8.31. The van der Waals surface area contributed by atoms with Crippen LogP contribution < -0.4 is 9.47 Å². The number of piperazine rings is 1. The third kappa shape index (κ3) is 5.11. The summed E-state index contributed by atoms with van der Waals surface area (Å²) in [6, 6.07) is 7.49. The minimum atomic E-state index is -3.69. The number of halogens is 2. The van der Waals surface area contributed by atoms with Crippen LogP contribution in [0.1, 0.15) is 35.5 Å². The molecule has 4 rings (SSSR count). The van der Waals surface area contributed by atoms with E-state index in [4.69, 9.17) is 0 Å². The second kappa shape index (κ2) is 8.43. The van der Waals surface area contributed by atoms with E-state index in [9.17, 15) is 23.5 Å². The molecule has 0 aliphatic carbocycles. The third-order valence-electron chi connectivity index (χ3n) is 5.41. The van der Waals surface area contributed by atoms with Gasteiger partial charge in [0.2, 0.25) is 5.91 Å². The van der Waals surface area contributed by atoms with Crippen molar-refractivity contribution in [3.63, 3.8) is 0 Å². The quantitative estimate of drug-likeness (QED) is 0.707. The van der Waals surface area contributed by atoms with Crippen molar-refractivity contribution in [2.75, 3.05) is 26.2 Å². The lowest BCUT2D eigenvalue weighted by Crippen LogP contribution is -2.50. The van der Waals surface area contributed by atoms with Crippen molar-refractivity contribution in [2.24, 2.45) is 0 Å². The molecule has 0 saturated carbocycles. The zero-order chi connectivity index (χ0) is 23.8. The van der Waals surface area contributed by atoms with Crippen molar-refractivity contribution in [2.45, 2.75) is 25.7 Å². The highest BCUT2D eigenvalue weighted by atomic mass is 19.3. The van der Waals surface area contributed by atoms with E-state index in [0.717, 1.165) is 0 Å². The minimum Gasteiger partial charge on any atom is -0.395 e. The molecule has 1 N–H and O–H groups in total. The maximum Gasteiger partial charge on any atom is 0.586 e. The van der Waals surface area contributed by atoms with Crippen LogP contribution in [0.25, 0.3) is 6.08 Å². The normalized spacial score (nSPS) is 17.5. The first-order valence-corrected chi connectivity index (χ1v) is 10.4. The smallest absolute Gasteiger partial charge is 0.395 e. The van der Waals surface area contributed by atoms with Gasteiger partial charge in [-0.05, 0) is 55.3 Å². The summed E-state index contributed by atoms with van der Waals surface area (Å²) >= 11 is 0. The first-order valence-electron chi connectivity index (χ1n) is 10.4. The number of hydrogen-bond acceptors (Lipinski definition) is 6. The molecule has 2 amide bonds. The molecule has 1 aromatic heterocycles. The molecule has 10 heteroatoms. The third-order valence-corrected chi connectivity index (χ3v) is 5.41. The highest BCUT2D eigenvalue weighted by molar-refractivity contribution is 5.94. The number of nitrogens with zero attached hydrogens (tertiary/aromatic N) is 3. The second-order valence-corrected chi connectivity index (χ2v) is 8.31. The monoisotopic (exact) mass is 459 g/mol. The van der Waals surface area contributed by atoms with Crippen molar-refractivity contribution in [3.8, 4) is 11.5 Å². The number of pyridine rings is 1. The first-order chi connectivity index (χ1) is 15.5. The number of rotatable bonds is 4. The summed E-state index contributed by atoms with van der Waals surface area (Å²) < 4.78 is 35.0. The highest BCUT2D eigenvalue weighted by Crippen LogP contribution is 2.41. The molecular formula is C23H23F2N3O5. The van der Waals surface area contributed by atoms with E-state index < -0.39 is 11.9 Å². The molecule has 1 aromatic carbocycles. The molecule has 2 aliphatic heterocycles. The molecule has 33 heavy (non-hydrogen) atoms. The fourth-order valence-corrected chi connectivity index (χ4v) is 3.56. The summed E-state index contributed by atoms with van der Waals surface area (Å²) in [7, 11) is 0. The van der Waals surface area contributed by atoms with Crippen molar-refractivity contribution in [1.29, 1.82) is 0 Å². The van der Waals surface area contributed by atoms with Crippen molar-refractivity contribution in [1.82, 2.24) is 14.8 Å².